The van der Waals surface area contributed by atoms with Crippen molar-refractivity contribution in [3.8, 4) is 5.69 Å². The zero-order valence-electron chi connectivity index (χ0n) is 21.1. The van der Waals surface area contributed by atoms with Crippen LogP contribution in [0.4, 0.5) is 5.82 Å². The Kier molecular flexibility index (Phi) is 7.98. The van der Waals surface area contributed by atoms with Crippen LogP contribution < -0.4 is 5.32 Å². The van der Waals surface area contributed by atoms with Gasteiger partial charge < -0.3 is 10.2 Å². The predicted octanol–water partition coefficient (Wildman–Crippen LogP) is 5.48. The van der Waals surface area contributed by atoms with E-state index in [-0.39, 0.29) is 29.7 Å². The summed E-state index contributed by atoms with van der Waals surface area (Å²) in [6.45, 7) is 13.2. The minimum atomic E-state index is -0.185. The molecule has 0 unspecified atom stereocenters. The van der Waals surface area contributed by atoms with Gasteiger partial charge in [0.1, 0.15) is 5.82 Å². The number of amides is 2. The average molecular weight is 453 g/mol. The molecule has 33 heavy (non-hydrogen) atoms. The summed E-state index contributed by atoms with van der Waals surface area (Å²) in [4.78, 5) is 28.2. The second-order valence-electron chi connectivity index (χ2n) is 10.9. The molecule has 1 aromatic heterocycles. The third kappa shape index (κ3) is 6.46. The number of para-hydroxylation sites is 1. The first kappa shape index (κ1) is 25.0. The predicted molar refractivity (Wildman–Crippen MR) is 134 cm³/mol. The number of aryl methyl sites for hydroxylation is 1. The number of nitrogens with one attached hydrogen (secondary N) is 1. The summed E-state index contributed by atoms with van der Waals surface area (Å²) in [6, 6.07) is 9.94. The number of aromatic nitrogens is 2. The monoisotopic (exact) mass is 452 g/mol. The van der Waals surface area contributed by atoms with Crippen LogP contribution in [0.1, 0.15) is 78.0 Å². The van der Waals surface area contributed by atoms with E-state index < -0.39 is 0 Å². The van der Waals surface area contributed by atoms with Gasteiger partial charge in [0.25, 0.3) is 0 Å². The third-order valence-electron chi connectivity index (χ3n) is 6.27. The first-order chi connectivity index (χ1) is 15.6. The number of nitrogens with zero attached hydrogens (tertiary/aromatic N) is 3. The molecule has 0 radical (unpaired) electrons. The van der Waals surface area contributed by atoms with E-state index in [1.165, 1.54) is 6.42 Å². The lowest BCUT2D eigenvalue weighted by Crippen LogP contribution is -2.43. The van der Waals surface area contributed by atoms with Crippen molar-refractivity contribution in [2.75, 3.05) is 18.4 Å². The Hall–Kier alpha value is -2.63. The molecule has 1 aliphatic carbocycles. The second-order valence-corrected chi connectivity index (χ2v) is 10.9. The standard InChI is InChI=1S/C27H40N4O2/c1-19(2)17-30(26(33)21-13-8-7-9-14-21)18-25(32)28-24-16-23(27(4,5)6)29-31(24)22-15-11-10-12-20(22)3/h10-12,15-16,19,21H,7-9,13-14,17-18H2,1-6H3,(H,28,32). The van der Waals surface area contributed by atoms with E-state index in [1.54, 1.807) is 4.90 Å². The Morgan fingerprint density at radius 1 is 1.15 bits per heavy atom. The first-order valence-electron chi connectivity index (χ1n) is 12.3. The number of rotatable bonds is 7. The molecule has 1 aromatic carbocycles. The Bertz CT molecular complexity index is 965. The Morgan fingerprint density at radius 2 is 1.82 bits per heavy atom. The van der Waals surface area contributed by atoms with Crippen molar-refractivity contribution >= 4 is 17.6 Å². The zero-order valence-corrected chi connectivity index (χ0v) is 21.1. The van der Waals surface area contributed by atoms with Gasteiger partial charge in [0.15, 0.2) is 0 Å². The summed E-state index contributed by atoms with van der Waals surface area (Å²) in [5.74, 6) is 0.927. The van der Waals surface area contributed by atoms with Gasteiger partial charge in [-0.25, -0.2) is 4.68 Å². The fourth-order valence-electron chi connectivity index (χ4n) is 4.46. The maximum atomic E-state index is 13.2. The van der Waals surface area contributed by atoms with Crippen LogP contribution >= 0.6 is 0 Å². The molecule has 1 aliphatic rings. The van der Waals surface area contributed by atoms with Gasteiger partial charge in [0.05, 0.1) is 17.9 Å². The summed E-state index contributed by atoms with van der Waals surface area (Å²) in [6.07, 6.45) is 5.27. The van der Waals surface area contributed by atoms with E-state index >= 15 is 0 Å². The van der Waals surface area contributed by atoms with Gasteiger partial charge >= 0.3 is 0 Å². The van der Waals surface area contributed by atoms with Gasteiger partial charge in [-0.1, -0.05) is 72.1 Å². The van der Waals surface area contributed by atoms with Crippen molar-refractivity contribution < 1.29 is 9.59 Å². The van der Waals surface area contributed by atoms with E-state index in [9.17, 15) is 9.59 Å². The van der Waals surface area contributed by atoms with E-state index in [0.717, 1.165) is 42.6 Å². The van der Waals surface area contributed by atoms with E-state index in [4.69, 9.17) is 5.10 Å². The molecule has 1 saturated carbocycles. The molecule has 0 atom stereocenters. The lowest BCUT2D eigenvalue weighted by molar-refractivity contribution is -0.139. The van der Waals surface area contributed by atoms with E-state index in [0.29, 0.717) is 18.3 Å². The highest BCUT2D eigenvalue weighted by atomic mass is 16.2. The maximum Gasteiger partial charge on any atom is 0.245 e. The lowest BCUT2D eigenvalue weighted by Gasteiger charge is -2.30. The normalized spacial score (nSPS) is 15.0. The summed E-state index contributed by atoms with van der Waals surface area (Å²) in [5, 5.41) is 7.88. The van der Waals surface area contributed by atoms with Crippen molar-refractivity contribution in [2.24, 2.45) is 11.8 Å². The molecular formula is C27H40N4O2. The van der Waals surface area contributed by atoms with Crippen LogP contribution in [0.2, 0.25) is 0 Å². The topological polar surface area (TPSA) is 67.2 Å². The molecule has 6 nitrogen and oxygen atoms in total. The largest absolute Gasteiger partial charge is 0.333 e. The summed E-state index contributed by atoms with van der Waals surface area (Å²) >= 11 is 0. The highest BCUT2D eigenvalue weighted by Crippen LogP contribution is 2.28. The van der Waals surface area contributed by atoms with Crippen LogP contribution in [-0.4, -0.2) is 39.6 Å². The summed E-state index contributed by atoms with van der Waals surface area (Å²) in [7, 11) is 0. The van der Waals surface area contributed by atoms with Crippen LogP contribution in [0.15, 0.2) is 30.3 Å². The van der Waals surface area contributed by atoms with Gasteiger partial charge in [0, 0.05) is 23.9 Å². The number of benzene rings is 1. The highest BCUT2D eigenvalue weighted by molar-refractivity contribution is 5.94. The van der Waals surface area contributed by atoms with Gasteiger partial charge in [-0.05, 0) is 37.3 Å². The summed E-state index contributed by atoms with van der Waals surface area (Å²) < 4.78 is 1.81. The summed E-state index contributed by atoms with van der Waals surface area (Å²) in [5.41, 5.74) is 2.75. The van der Waals surface area contributed by atoms with Crippen molar-refractivity contribution in [1.29, 1.82) is 0 Å². The molecule has 2 amide bonds. The molecule has 0 bridgehead atoms. The molecule has 1 heterocycles. The Morgan fingerprint density at radius 3 is 2.42 bits per heavy atom. The fourth-order valence-corrected chi connectivity index (χ4v) is 4.46. The van der Waals surface area contributed by atoms with Crippen LogP contribution in [0.3, 0.4) is 0 Å². The van der Waals surface area contributed by atoms with Crippen LogP contribution in [-0.2, 0) is 15.0 Å². The first-order valence-corrected chi connectivity index (χ1v) is 12.3. The number of anilines is 1. The smallest absolute Gasteiger partial charge is 0.245 e. The number of carbonyl (C=O) groups is 2. The quantitative estimate of drug-likeness (QED) is 0.605. The Balaban J connectivity index is 1.83. The van der Waals surface area contributed by atoms with Gasteiger partial charge in [-0.3, -0.25) is 9.59 Å². The van der Waals surface area contributed by atoms with Crippen LogP contribution in [0, 0.1) is 18.8 Å². The molecule has 2 aromatic rings. The van der Waals surface area contributed by atoms with Gasteiger partial charge in [-0.15, -0.1) is 0 Å². The molecule has 1 N–H and O–H groups in total. The molecule has 0 spiro atoms. The molecular weight excluding hydrogens is 412 g/mol. The number of carbonyl (C=O) groups excluding carboxylic acids is 2. The number of hydrogen-bond acceptors (Lipinski definition) is 3. The third-order valence-corrected chi connectivity index (χ3v) is 6.27. The van der Waals surface area contributed by atoms with Gasteiger partial charge in [-0.2, -0.15) is 5.10 Å². The van der Waals surface area contributed by atoms with E-state index in [2.05, 4.69) is 39.9 Å². The SMILES string of the molecule is Cc1ccccc1-n1nc(C(C)(C)C)cc1NC(=O)CN(CC(C)C)C(=O)C1CCCCC1. The minimum Gasteiger partial charge on any atom is -0.333 e. The molecule has 0 saturated heterocycles. The van der Waals surface area contributed by atoms with Crippen molar-refractivity contribution in [3.05, 3.63) is 41.6 Å². The number of hydrogen-bond donors (Lipinski definition) is 1. The highest BCUT2D eigenvalue weighted by Gasteiger charge is 2.28. The maximum absolute atomic E-state index is 13.2. The lowest BCUT2D eigenvalue weighted by atomic mass is 9.88. The van der Waals surface area contributed by atoms with Crippen molar-refractivity contribution in [3.63, 3.8) is 0 Å². The van der Waals surface area contributed by atoms with Crippen molar-refractivity contribution in [2.45, 2.75) is 79.1 Å². The molecule has 1 fully saturated rings. The average Bonchev–Trinajstić information content (AvgIpc) is 3.17. The molecule has 3 rings (SSSR count). The van der Waals surface area contributed by atoms with Crippen molar-refractivity contribution in [1.82, 2.24) is 14.7 Å². The van der Waals surface area contributed by atoms with Gasteiger partial charge in [0.2, 0.25) is 11.8 Å². The molecule has 180 valence electrons. The minimum absolute atomic E-state index is 0.0512. The Labute approximate surface area is 198 Å². The zero-order chi connectivity index (χ0) is 24.2. The second kappa shape index (κ2) is 10.5. The van der Waals surface area contributed by atoms with Crippen LogP contribution in [0.5, 0.6) is 0 Å². The molecule has 0 aliphatic heterocycles. The van der Waals surface area contributed by atoms with E-state index in [1.807, 2.05) is 41.9 Å². The van der Waals surface area contributed by atoms with Crippen LogP contribution in [0.25, 0.3) is 5.69 Å². The fraction of sp³-hybridized carbons (Fsp3) is 0.593. The molecule has 6 heteroatoms.